The molecule has 0 N–H and O–H groups in total. The summed E-state index contributed by atoms with van der Waals surface area (Å²) in [5, 5.41) is 4.79. The van der Waals surface area contributed by atoms with Crippen molar-refractivity contribution in [2.75, 3.05) is 5.75 Å². The van der Waals surface area contributed by atoms with Crippen LogP contribution < -0.4 is 0 Å². The molecule has 2 aromatic rings. The van der Waals surface area contributed by atoms with E-state index in [0.29, 0.717) is 5.56 Å². The fourth-order valence-electron chi connectivity index (χ4n) is 2.21. The summed E-state index contributed by atoms with van der Waals surface area (Å²) in [4.78, 5) is 15.8. The zero-order valence-corrected chi connectivity index (χ0v) is 13.2. The van der Waals surface area contributed by atoms with E-state index < -0.39 is 15.8 Å². The summed E-state index contributed by atoms with van der Waals surface area (Å²) in [5.74, 6) is -1.03. The zero-order chi connectivity index (χ0) is 17.2. The lowest BCUT2D eigenvalue weighted by atomic mass is 10.1. The first-order chi connectivity index (χ1) is 11.4. The maximum atomic E-state index is 12.9. The van der Waals surface area contributed by atoms with Crippen LogP contribution in [0.3, 0.4) is 0 Å². The van der Waals surface area contributed by atoms with E-state index in [9.17, 15) is 17.6 Å². The maximum Gasteiger partial charge on any atom is 0.306 e. The second kappa shape index (κ2) is 6.52. The van der Waals surface area contributed by atoms with Crippen molar-refractivity contribution in [1.82, 2.24) is 10.1 Å². The number of carbonyl (C=O) groups excluding carboxylic acids is 1. The minimum absolute atomic E-state index is 0.0294. The van der Waals surface area contributed by atoms with Crippen LogP contribution in [0, 0.1) is 11.7 Å². The van der Waals surface area contributed by atoms with Crippen LogP contribution in [-0.4, -0.2) is 30.3 Å². The average Bonchev–Trinajstić information content (AvgIpc) is 3.12. The van der Waals surface area contributed by atoms with Gasteiger partial charge in [0.1, 0.15) is 5.82 Å². The van der Waals surface area contributed by atoms with Gasteiger partial charge in [-0.1, -0.05) is 11.2 Å². The van der Waals surface area contributed by atoms with Gasteiger partial charge >= 0.3 is 5.97 Å². The number of carbonyl (C=O) groups is 1. The Labute approximate surface area is 137 Å². The van der Waals surface area contributed by atoms with Crippen LogP contribution in [0.2, 0.25) is 0 Å². The first kappa shape index (κ1) is 16.3. The summed E-state index contributed by atoms with van der Waals surface area (Å²) in [6, 6.07) is 5.52. The maximum absolute atomic E-state index is 12.9. The standard InChI is InChI=1S/C15H13FN2O5S/c16-12-3-1-11(2-4-12)15-17-13(18-23-15)8-22-14(19)7-10-5-6-24(20,21)9-10/h1-6,10H,7-9H2. The third-order valence-corrected chi connectivity index (χ3v) is 4.82. The molecule has 0 amide bonds. The van der Waals surface area contributed by atoms with Crippen molar-refractivity contribution in [1.29, 1.82) is 0 Å². The van der Waals surface area contributed by atoms with Gasteiger partial charge in [0.25, 0.3) is 5.89 Å². The largest absolute Gasteiger partial charge is 0.457 e. The van der Waals surface area contributed by atoms with Gasteiger partial charge in [-0.15, -0.1) is 0 Å². The predicted octanol–water partition coefficient (Wildman–Crippen LogP) is 1.87. The molecule has 0 spiro atoms. The Kier molecular flexibility index (Phi) is 4.43. The molecule has 0 aliphatic carbocycles. The first-order valence-electron chi connectivity index (χ1n) is 7.06. The molecule has 7 nitrogen and oxygen atoms in total. The van der Waals surface area contributed by atoms with Crippen LogP contribution in [0.5, 0.6) is 0 Å². The lowest BCUT2D eigenvalue weighted by molar-refractivity contribution is -0.145. The highest BCUT2D eigenvalue weighted by Gasteiger charge is 2.24. The molecule has 0 bridgehead atoms. The molecule has 2 heterocycles. The number of hydrogen-bond acceptors (Lipinski definition) is 7. The summed E-state index contributed by atoms with van der Waals surface area (Å²) < 4.78 is 45.4. The summed E-state index contributed by atoms with van der Waals surface area (Å²) in [6.45, 7) is -0.188. The Morgan fingerprint density at radius 2 is 2.08 bits per heavy atom. The molecule has 0 fully saturated rings. The molecule has 1 aliphatic rings. The Morgan fingerprint density at radius 3 is 2.75 bits per heavy atom. The van der Waals surface area contributed by atoms with E-state index in [4.69, 9.17) is 9.26 Å². The van der Waals surface area contributed by atoms with Crippen LogP contribution >= 0.6 is 0 Å². The van der Waals surface area contributed by atoms with Crippen LogP contribution in [-0.2, 0) is 26.0 Å². The second-order valence-corrected chi connectivity index (χ2v) is 7.24. The fourth-order valence-corrected chi connectivity index (χ4v) is 3.61. The minimum atomic E-state index is -3.19. The fraction of sp³-hybridized carbons (Fsp3) is 0.267. The van der Waals surface area contributed by atoms with E-state index in [1.165, 1.54) is 30.3 Å². The number of rotatable bonds is 5. The van der Waals surface area contributed by atoms with Gasteiger partial charge in [-0.05, 0) is 24.3 Å². The molecule has 126 valence electrons. The van der Waals surface area contributed by atoms with Crippen molar-refractivity contribution in [2.45, 2.75) is 13.0 Å². The second-order valence-electron chi connectivity index (χ2n) is 5.31. The van der Waals surface area contributed by atoms with Crippen LogP contribution in [0.1, 0.15) is 12.2 Å². The molecule has 0 saturated heterocycles. The quantitative estimate of drug-likeness (QED) is 0.757. The van der Waals surface area contributed by atoms with Crippen molar-refractivity contribution in [2.24, 2.45) is 5.92 Å². The van der Waals surface area contributed by atoms with Crippen LogP contribution in [0.15, 0.2) is 40.3 Å². The van der Waals surface area contributed by atoms with E-state index >= 15 is 0 Å². The van der Waals surface area contributed by atoms with Crippen molar-refractivity contribution in [3.63, 3.8) is 0 Å². The summed E-state index contributed by atoms with van der Waals surface area (Å²) in [7, 11) is -3.19. The highest BCUT2D eigenvalue weighted by molar-refractivity contribution is 7.94. The average molecular weight is 352 g/mol. The van der Waals surface area contributed by atoms with Gasteiger partial charge in [0.05, 0.1) is 12.2 Å². The molecule has 9 heteroatoms. The highest BCUT2D eigenvalue weighted by Crippen LogP contribution is 2.20. The molecular weight excluding hydrogens is 339 g/mol. The van der Waals surface area contributed by atoms with E-state index in [2.05, 4.69) is 10.1 Å². The van der Waals surface area contributed by atoms with E-state index in [0.717, 1.165) is 5.41 Å². The number of allylic oxidation sites excluding steroid dienone is 1. The number of esters is 1. The number of ether oxygens (including phenoxy) is 1. The Bertz CT molecular complexity index is 874. The van der Waals surface area contributed by atoms with Gasteiger partial charge in [-0.2, -0.15) is 4.98 Å². The van der Waals surface area contributed by atoms with Gasteiger partial charge in [0.15, 0.2) is 16.4 Å². The summed E-state index contributed by atoms with van der Waals surface area (Å²) >= 11 is 0. The van der Waals surface area contributed by atoms with E-state index in [-0.39, 0.29) is 42.2 Å². The molecule has 24 heavy (non-hydrogen) atoms. The topological polar surface area (TPSA) is 99.4 Å². The highest BCUT2D eigenvalue weighted by atomic mass is 32.2. The van der Waals surface area contributed by atoms with Gasteiger partial charge in [0, 0.05) is 16.9 Å². The Morgan fingerprint density at radius 1 is 1.33 bits per heavy atom. The zero-order valence-electron chi connectivity index (χ0n) is 12.4. The number of hydrogen-bond donors (Lipinski definition) is 0. The van der Waals surface area contributed by atoms with Crippen molar-refractivity contribution in [3.8, 4) is 11.5 Å². The van der Waals surface area contributed by atoms with Crippen molar-refractivity contribution >= 4 is 15.8 Å². The SMILES string of the molecule is O=C(CC1C=CS(=O)(=O)C1)OCc1noc(-c2ccc(F)cc2)n1. The van der Waals surface area contributed by atoms with Gasteiger partial charge in [-0.25, -0.2) is 12.8 Å². The predicted molar refractivity (Wildman–Crippen MR) is 80.5 cm³/mol. The number of sulfone groups is 1. The molecule has 0 saturated carbocycles. The first-order valence-corrected chi connectivity index (χ1v) is 8.78. The number of nitrogens with zero attached hydrogens (tertiary/aromatic N) is 2. The van der Waals surface area contributed by atoms with Crippen LogP contribution in [0.25, 0.3) is 11.5 Å². The molecule has 0 radical (unpaired) electrons. The summed E-state index contributed by atoms with van der Waals surface area (Å²) in [5.41, 5.74) is 0.544. The third-order valence-electron chi connectivity index (χ3n) is 3.35. The van der Waals surface area contributed by atoms with Gasteiger partial charge < -0.3 is 9.26 Å². The number of aromatic nitrogens is 2. The van der Waals surface area contributed by atoms with Crippen LogP contribution in [0.4, 0.5) is 4.39 Å². The lowest BCUT2D eigenvalue weighted by Crippen LogP contribution is -2.13. The third kappa shape index (κ3) is 4.05. The molecule has 1 unspecified atom stereocenters. The lowest BCUT2D eigenvalue weighted by Gasteiger charge is -2.05. The number of halogens is 1. The Hall–Kier alpha value is -2.55. The molecule has 1 aromatic carbocycles. The normalized spacial score (nSPS) is 18.6. The molecule has 3 rings (SSSR count). The van der Waals surface area contributed by atoms with E-state index in [1.807, 2.05) is 0 Å². The van der Waals surface area contributed by atoms with Gasteiger partial charge in [0.2, 0.25) is 5.82 Å². The molecule has 1 aromatic heterocycles. The smallest absolute Gasteiger partial charge is 0.306 e. The van der Waals surface area contributed by atoms with E-state index in [1.54, 1.807) is 0 Å². The molecule has 1 atom stereocenters. The number of benzene rings is 1. The van der Waals surface area contributed by atoms with Gasteiger partial charge in [-0.3, -0.25) is 4.79 Å². The van der Waals surface area contributed by atoms with Crippen molar-refractivity contribution in [3.05, 3.63) is 47.4 Å². The summed E-state index contributed by atoms with van der Waals surface area (Å²) in [6.07, 6.45) is 1.45. The molecular formula is C15H13FN2O5S. The Balaban J connectivity index is 1.53. The molecule has 1 aliphatic heterocycles. The monoisotopic (exact) mass is 352 g/mol. The minimum Gasteiger partial charge on any atom is -0.457 e. The van der Waals surface area contributed by atoms with Crippen molar-refractivity contribution < 1.29 is 26.9 Å².